The van der Waals surface area contributed by atoms with Gasteiger partial charge in [0.15, 0.2) is 0 Å². The molecule has 122 valence electrons. The number of unbranched alkanes of at least 4 members (excludes halogenated alkanes) is 1. The van der Waals surface area contributed by atoms with Gasteiger partial charge in [-0.3, -0.25) is 9.59 Å². The molecule has 1 N–H and O–H groups in total. The maximum absolute atomic E-state index is 12.5. The second kappa shape index (κ2) is 8.41. The number of methoxy groups -OCH3 is 1. The zero-order valence-corrected chi connectivity index (χ0v) is 13.8. The van der Waals surface area contributed by atoms with Gasteiger partial charge >= 0.3 is 5.97 Å². The molecule has 0 bridgehead atoms. The van der Waals surface area contributed by atoms with Crippen LogP contribution in [0.2, 0.25) is 0 Å². The Morgan fingerprint density at radius 2 is 2.05 bits per heavy atom. The van der Waals surface area contributed by atoms with Crippen molar-refractivity contribution in [2.24, 2.45) is 5.92 Å². The van der Waals surface area contributed by atoms with Crippen LogP contribution >= 0.6 is 0 Å². The fourth-order valence-corrected chi connectivity index (χ4v) is 2.16. The van der Waals surface area contributed by atoms with Crippen LogP contribution in [0.3, 0.4) is 0 Å². The van der Waals surface area contributed by atoms with Gasteiger partial charge in [0.05, 0.1) is 18.7 Å². The van der Waals surface area contributed by atoms with Crippen molar-refractivity contribution in [2.45, 2.75) is 40.0 Å². The van der Waals surface area contributed by atoms with E-state index in [9.17, 15) is 9.59 Å². The minimum Gasteiger partial charge on any atom is -0.495 e. The molecule has 1 unspecified atom stereocenters. The number of carbonyl (C=O) groups is 2. The number of aryl methyl sites for hydroxylation is 1. The molecule has 0 aliphatic carbocycles. The number of ether oxygens (including phenoxy) is 1. The van der Waals surface area contributed by atoms with Crippen LogP contribution in [-0.4, -0.2) is 30.6 Å². The van der Waals surface area contributed by atoms with Gasteiger partial charge in [-0.1, -0.05) is 26.3 Å². The highest BCUT2D eigenvalue weighted by atomic mass is 16.5. The van der Waals surface area contributed by atoms with Crippen LogP contribution in [0.4, 0.5) is 5.69 Å². The lowest BCUT2D eigenvalue weighted by Crippen LogP contribution is -2.37. The number of nitrogens with zero attached hydrogens (tertiary/aromatic N) is 1. The summed E-state index contributed by atoms with van der Waals surface area (Å²) in [6.07, 6.45) is 2.10. The van der Waals surface area contributed by atoms with Crippen molar-refractivity contribution >= 4 is 17.6 Å². The van der Waals surface area contributed by atoms with Crippen LogP contribution < -0.4 is 9.64 Å². The van der Waals surface area contributed by atoms with Crippen LogP contribution in [0.25, 0.3) is 0 Å². The van der Waals surface area contributed by atoms with E-state index < -0.39 is 11.9 Å². The molecule has 5 heteroatoms. The van der Waals surface area contributed by atoms with Gasteiger partial charge in [0, 0.05) is 13.0 Å². The Kier molecular flexibility index (Phi) is 6.89. The molecule has 1 aromatic carbocycles. The SMILES string of the molecule is CCCCC(=O)N(CC(C)C(=O)O)c1cc(C)ccc1OC. The van der Waals surface area contributed by atoms with Gasteiger partial charge in [0.1, 0.15) is 5.75 Å². The maximum atomic E-state index is 12.5. The molecule has 0 aromatic heterocycles. The monoisotopic (exact) mass is 307 g/mol. The lowest BCUT2D eigenvalue weighted by atomic mass is 10.1. The van der Waals surface area contributed by atoms with Crippen molar-refractivity contribution in [1.82, 2.24) is 0 Å². The first kappa shape index (κ1) is 18.0. The number of hydrogen-bond acceptors (Lipinski definition) is 3. The van der Waals surface area contributed by atoms with Gasteiger partial charge < -0.3 is 14.7 Å². The van der Waals surface area contributed by atoms with Crippen molar-refractivity contribution in [1.29, 1.82) is 0 Å². The smallest absolute Gasteiger partial charge is 0.308 e. The van der Waals surface area contributed by atoms with Crippen molar-refractivity contribution in [3.63, 3.8) is 0 Å². The number of amides is 1. The molecule has 0 aliphatic rings. The van der Waals surface area contributed by atoms with Gasteiger partial charge in [0.2, 0.25) is 5.91 Å². The lowest BCUT2D eigenvalue weighted by Gasteiger charge is -2.26. The minimum absolute atomic E-state index is 0.0705. The number of carbonyl (C=O) groups excluding carboxylic acids is 1. The highest BCUT2D eigenvalue weighted by Gasteiger charge is 2.24. The topological polar surface area (TPSA) is 66.8 Å². The second-order valence-electron chi connectivity index (χ2n) is 5.52. The lowest BCUT2D eigenvalue weighted by molar-refractivity contribution is -0.140. The van der Waals surface area contributed by atoms with E-state index in [-0.39, 0.29) is 12.5 Å². The van der Waals surface area contributed by atoms with Gasteiger partial charge in [-0.15, -0.1) is 0 Å². The van der Waals surface area contributed by atoms with Gasteiger partial charge in [-0.25, -0.2) is 0 Å². The van der Waals surface area contributed by atoms with E-state index in [2.05, 4.69) is 0 Å². The Morgan fingerprint density at radius 3 is 2.59 bits per heavy atom. The predicted molar refractivity (Wildman–Crippen MR) is 86.4 cm³/mol. The minimum atomic E-state index is -0.917. The summed E-state index contributed by atoms with van der Waals surface area (Å²) in [4.78, 5) is 25.2. The largest absolute Gasteiger partial charge is 0.495 e. The Hall–Kier alpha value is -2.04. The third-order valence-corrected chi connectivity index (χ3v) is 3.55. The fourth-order valence-electron chi connectivity index (χ4n) is 2.16. The predicted octanol–water partition coefficient (Wildman–Crippen LogP) is 3.25. The fraction of sp³-hybridized carbons (Fsp3) is 0.529. The summed E-state index contributed by atoms with van der Waals surface area (Å²) >= 11 is 0. The maximum Gasteiger partial charge on any atom is 0.308 e. The van der Waals surface area contributed by atoms with E-state index in [4.69, 9.17) is 9.84 Å². The van der Waals surface area contributed by atoms with Crippen molar-refractivity contribution in [3.8, 4) is 5.75 Å². The molecule has 0 heterocycles. The third kappa shape index (κ3) is 4.76. The van der Waals surface area contributed by atoms with Crippen LogP contribution in [0.5, 0.6) is 5.75 Å². The third-order valence-electron chi connectivity index (χ3n) is 3.55. The summed E-state index contributed by atoms with van der Waals surface area (Å²) < 4.78 is 5.34. The molecule has 5 nitrogen and oxygen atoms in total. The summed E-state index contributed by atoms with van der Waals surface area (Å²) in [6, 6.07) is 5.56. The van der Waals surface area contributed by atoms with Crippen LogP contribution in [0.15, 0.2) is 18.2 Å². The van der Waals surface area contributed by atoms with Crippen LogP contribution in [0.1, 0.15) is 38.7 Å². The number of carboxylic acid groups (broad SMARTS) is 1. The average molecular weight is 307 g/mol. The van der Waals surface area contributed by atoms with E-state index in [0.29, 0.717) is 17.9 Å². The Morgan fingerprint density at radius 1 is 1.36 bits per heavy atom. The number of rotatable bonds is 8. The number of benzene rings is 1. The first-order valence-corrected chi connectivity index (χ1v) is 7.58. The van der Waals surface area contributed by atoms with E-state index in [0.717, 1.165) is 18.4 Å². The summed E-state index contributed by atoms with van der Waals surface area (Å²) in [5.74, 6) is -1.05. The molecule has 1 aromatic rings. The first-order valence-electron chi connectivity index (χ1n) is 7.58. The number of carboxylic acids is 1. The van der Waals surface area contributed by atoms with E-state index in [1.165, 1.54) is 0 Å². The van der Waals surface area contributed by atoms with Gasteiger partial charge in [-0.05, 0) is 31.0 Å². The summed E-state index contributed by atoms with van der Waals surface area (Å²) in [7, 11) is 1.55. The van der Waals surface area contributed by atoms with Crippen molar-refractivity contribution < 1.29 is 19.4 Å². The van der Waals surface area contributed by atoms with Gasteiger partial charge in [-0.2, -0.15) is 0 Å². The molecule has 0 saturated heterocycles. The molecule has 1 amide bonds. The average Bonchev–Trinajstić information content (AvgIpc) is 2.49. The Labute approximate surface area is 131 Å². The highest BCUT2D eigenvalue weighted by Crippen LogP contribution is 2.30. The van der Waals surface area contributed by atoms with E-state index >= 15 is 0 Å². The molecule has 0 fully saturated rings. The molecule has 0 spiro atoms. The Bertz CT molecular complexity index is 527. The normalized spacial score (nSPS) is 11.8. The number of hydrogen-bond donors (Lipinski definition) is 1. The van der Waals surface area contributed by atoms with Crippen molar-refractivity contribution in [3.05, 3.63) is 23.8 Å². The van der Waals surface area contributed by atoms with Crippen molar-refractivity contribution in [2.75, 3.05) is 18.6 Å². The molecule has 0 radical (unpaired) electrons. The summed E-state index contributed by atoms with van der Waals surface area (Å²) in [5.41, 5.74) is 1.63. The molecule has 22 heavy (non-hydrogen) atoms. The quantitative estimate of drug-likeness (QED) is 0.800. The van der Waals surface area contributed by atoms with E-state index in [1.807, 2.05) is 26.0 Å². The van der Waals surface area contributed by atoms with E-state index in [1.54, 1.807) is 25.0 Å². The number of aliphatic carboxylic acids is 1. The standard InChI is InChI=1S/C17H25NO4/c1-5-6-7-16(19)18(11-13(3)17(20)21)14-10-12(2)8-9-15(14)22-4/h8-10,13H,5-7,11H2,1-4H3,(H,20,21). The number of anilines is 1. The summed E-state index contributed by atoms with van der Waals surface area (Å²) in [6.45, 7) is 5.69. The highest BCUT2D eigenvalue weighted by molar-refractivity contribution is 5.95. The molecular weight excluding hydrogens is 282 g/mol. The van der Waals surface area contributed by atoms with Crippen LogP contribution in [-0.2, 0) is 9.59 Å². The Balaban J connectivity index is 3.15. The molecule has 1 rings (SSSR count). The second-order valence-corrected chi connectivity index (χ2v) is 5.52. The first-order chi connectivity index (χ1) is 10.4. The zero-order valence-electron chi connectivity index (χ0n) is 13.8. The molecular formula is C17H25NO4. The van der Waals surface area contributed by atoms with Crippen LogP contribution in [0, 0.1) is 12.8 Å². The molecule has 0 saturated carbocycles. The zero-order chi connectivity index (χ0) is 16.7. The molecule has 0 aliphatic heterocycles. The summed E-state index contributed by atoms with van der Waals surface area (Å²) in [5, 5.41) is 9.15. The molecule has 1 atom stereocenters. The van der Waals surface area contributed by atoms with Gasteiger partial charge in [0.25, 0.3) is 0 Å².